The molecule has 5 heteroatoms. The number of aromatic hydroxyl groups is 1. The predicted molar refractivity (Wildman–Crippen MR) is 94.6 cm³/mol. The molecule has 0 saturated heterocycles. The van der Waals surface area contributed by atoms with Crippen molar-refractivity contribution in [3.63, 3.8) is 0 Å². The second kappa shape index (κ2) is 7.06. The summed E-state index contributed by atoms with van der Waals surface area (Å²) in [5, 5.41) is 12.5. The number of phenols is 1. The molecule has 120 valence electrons. The molecule has 0 heterocycles. The zero-order valence-corrected chi connectivity index (χ0v) is 13.3. The van der Waals surface area contributed by atoms with E-state index in [0.717, 1.165) is 11.1 Å². The van der Waals surface area contributed by atoms with Gasteiger partial charge in [0.1, 0.15) is 11.5 Å². The van der Waals surface area contributed by atoms with Crippen LogP contribution in [0, 0.1) is 0 Å². The molecule has 3 rings (SSSR count). The van der Waals surface area contributed by atoms with Gasteiger partial charge in [-0.15, -0.1) is 0 Å². The third-order valence-electron chi connectivity index (χ3n) is 3.36. The van der Waals surface area contributed by atoms with Gasteiger partial charge in [0.2, 0.25) is 0 Å². The first kappa shape index (κ1) is 15.9. The fourth-order valence-corrected chi connectivity index (χ4v) is 2.28. The van der Waals surface area contributed by atoms with Crippen molar-refractivity contribution in [2.45, 2.75) is 0 Å². The summed E-state index contributed by atoms with van der Waals surface area (Å²) in [7, 11) is 0. The maximum atomic E-state index is 11.9. The lowest BCUT2D eigenvalue weighted by molar-refractivity contribution is 0.215. The Morgan fingerprint density at radius 1 is 0.833 bits per heavy atom. The number of hydrogen-bond acceptors (Lipinski definition) is 3. The van der Waals surface area contributed by atoms with E-state index < -0.39 is 6.09 Å². The van der Waals surface area contributed by atoms with Gasteiger partial charge in [-0.2, -0.15) is 0 Å². The van der Waals surface area contributed by atoms with Crippen LogP contribution in [0.2, 0.25) is 5.02 Å². The van der Waals surface area contributed by atoms with E-state index in [1.807, 2.05) is 24.3 Å². The minimum Gasteiger partial charge on any atom is -0.508 e. The molecule has 24 heavy (non-hydrogen) atoms. The van der Waals surface area contributed by atoms with E-state index in [0.29, 0.717) is 16.5 Å². The molecular formula is C19H14ClNO3. The summed E-state index contributed by atoms with van der Waals surface area (Å²) >= 11 is 5.78. The van der Waals surface area contributed by atoms with Crippen LogP contribution in [0.15, 0.2) is 72.8 Å². The van der Waals surface area contributed by atoms with Crippen molar-refractivity contribution in [2.24, 2.45) is 0 Å². The second-order valence-electron chi connectivity index (χ2n) is 5.09. The third kappa shape index (κ3) is 4.06. The fourth-order valence-electron chi connectivity index (χ4n) is 2.15. The number of rotatable bonds is 3. The Morgan fingerprint density at radius 2 is 1.38 bits per heavy atom. The second-order valence-corrected chi connectivity index (χ2v) is 5.53. The predicted octanol–water partition coefficient (Wildman–Crippen LogP) is 5.32. The minimum absolute atomic E-state index is 0.224. The fraction of sp³-hybridized carbons (Fsp3) is 0. The normalized spacial score (nSPS) is 10.2. The van der Waals surface area contributed by atoms with E-state index >= 15 is 0 Å². The Labute approximate surface area is 144 Å². The zero-order valence-electron chi connectivity index (χ0n) is 12.6. The highest BCUT2D eigenvalue weighted by atomic mass is 35.5. The Kier molecular flexibility index (Phi) is 4.68. The van der Waals surface area contributed by atoms with Crippen LogP contribution in [-0.2, 0) is 0 Å². The summed E-state index contributed by atoms with van der Waals surface area (Å²) in [4.78, 5) is 11.9. The standard InChI is InChI=1S/C19H14ClNO3/c20-15-5-11-18(12-6-15)24-19(23)21-16-7-1-13(2-8-16)14-3-9-17(22)10-4-14/h1-12,22H,(H,21,23). The molecule has 0 radical (unpaired) electrons. The van der Waals surface area contributed by atoms with E-state index in [-0.39, 0.29) is 5.75 Å². The number of anilines is 1. The lowest BCUT2D eigenvalue weighted by atomic mass is 10.1. The van der Waals surface area contributed by atoms with Crippen molar-refractivity contribution >= 4 is 23.4 Å². The first-order valence-corrected chi connectivity index (χ1v) is 7.62. The van der Waals surface area contributed by atoms with Crippen LogP contribution < -0.4 is 10.1 Å². The lowest BCUT2D eigenvalue weighted by Crippen LogP contribution is -2.16. The molecule has 3 aromatic carbocycles. The number of benzene rings is 3. The number of carbonyl (C=O) groups excluding carboxylic acids is 1. The molecule has 0 aliphatic carbocycles. The van der Waals surface area contributed by atoms with Gasteiger partial charge in [-0.25, -0.2) is 4.79 Å². The molecule has 0 atom stereocenters. The summed E-state index contributed by atoms with van der Waals surface area (Å²) in [5.41, 5.74) is 2.58. The van der Waals surface area contributed by atoms with Crippen molar-refractivity contribution < 1.29 is 14.6 Å². The van der Waals surface area contributed by atoms with E-state index in [1.54, 1.807) is 48.5 Å². The van der Waals surface area contributed by atoms with Gasteiger partial charge in [-0.05, 0) is 59.7 Å². The van der Waals surface area contributed by atoms with E-state index in [4.69, 9.17) is 16.3 Å². The molecule has 0 fully saturated rings. The van der Waals surface area contributed by atoms with Crippen molar-refractivity contribution in [3.8, 4) is 22.6 Å². The Bertz CT molecular complexity index is 828. The maximum Gasteiger partial charge on any atom is 0.417 e. The number of carbonyl (C=O) groups is 1. The monoisotopic (exact) mass is 339 g/mol. The molecule has 0 aliphatic heterocycles. The first-order valence-electron chi connectivity index (χ1n) is 7.24. The quantitative estimate of drug-likeness (QED) is 0.678. The topological polar surface area (TPSA) is 58.6 Å². The largest absolute Gasteiger partial charge is 0.508 e. The summed E-state index contributed by atoms with van der Waals surface area (Å²) < 4.78 is 5.16. The van der Waals surface area contributed by atoms with Gasteiger partial charge >= 0.3 is 6.09 Å². The van der Waals surface area contributed by atoms with Crippen LogP contribution in [0.1, 0.15) is 0 Å². The molecule has 0 aromatic heterocycles. The highest BCUT2D eigenvalue weighted by Crippen LogP contribution is 2.23. The van der Waals surface area contributed by atoms with Gasteiger partial charge in [-0.1, -0.05) is 35.9 Å². The minimum atomic E-state index is -0.574. The first-order chi connectivity index (χ1) is 11.6. The molecule has 0 unspecified atom stereocenters. The highest BCUT2D eigenvalue weighted by molar-refractivity contribution is 6.30. The van der Waals surface area contributed by atoms with Gasteiger partial charge in [0.05, 0.1) is 0 Å². The maximum absolute atomic E-state index is 11.9. The number of amides is 1. The van der Waals surface area contributed by atoms with Gasteiger partial charge in [0, 0.05) is 10.7 Å². The van der Waals surface area contributed by atoms with Crippen molar-refractivity contribution in [3.05, 3.63) is 77.8 Å². The van der Waals surface area contributed by atoms with Crippen molar-refractivity contribution in [1.29, 1.82) is 0 Å². The Hall–Kier alpha value is -2.98. The number of hydrogen-bond donors (Lipinski definition) is 2. The SMILES string of the molecule is O=C(Nc1ccc(-c2ccc(O)cc2)cc1)Oc1ccc(Cl)cc1. The lowest BCUT2D eigenvalue weighted by Gasteiger charge is -2.08. The molecule has 3 aromatic rings. The number of ether oxygens (including phenoxy) is 1. The van der Waals surface area contributed by atoms with Crippen molar-refractivity contribution in [1.82, 2.24) is 0 Å². The molecule has 0 bridgehead atoms. The molecule has 0 spiro atoms. The van der Waals surface area contributed by atoms with Gasteiger partial charge in [0.25, 0.3) is 0 Å². The van der Waals surface area contributed by atoms with Crippen LogP contribution in [0.25, 0.3) is 11.1 Å². The third-order valence-corrected chi connectivity index (χ3v) is 3.61. The molecule has 2 N–H and O–H groups in total. The Morgan fingerprint density at radius 3 is 1.96 bits per heavy atom. The number of phenolic OH excluding ortho intramolecular Hbond substituents is 1. The molecule has 4 nitrogen and oxygen atoms in total. The summed E-state index contributed by atoms with van der Waals surface area (Å²) in [6.07, 6.45) is -0.574. The molecule has 1 amide bonds. The van der Waals surface area contributed by atoms with Crippen LogP contribution in [-0.4, -0.2) is 11.2 Å². The van der Waals surface area contributed by atoms with E-state index in [2.05, 4.69) is 5.32 Å². The summed E-state index contributed by atoms with van der Waals surface area (Å²) in [6.45, 7) is 0. The molecule has 0 saturated carbocycles. The van der Waals surface area contributed by atoms with E-state index in [9.17, 15) is 9.90 Å². The van der Waals surface area contributed by atoms with Gasteiger partial charge < -0.3 is 9.84 Å². The zero-order chi connectivity index (χ0) is 16.9. The van der Waals surface area contributed by atoms with Crippen LogP contribution in [0.4, 0.5) is 10.5 Å². The average Bonchev–Trinajstić information content (AvgIpc) is 2.58. The number of halogens is 1. The summed E-state index contributed by atoms with van der Waals surface area (Å²) in [5.74, 6) is 0.639. The highest BCUT2D eigenvalue weighted by Gasteiger charge is 2.06. The van der Waals surface area contributed by atoms with Crippen LogP contribution >= 0.6 is 11.6 Å². The smallest absolute Gasteiger partial charge is 0.417 e. The number of nitrogens with one attached hydrogen (secondary N) is 1. The molecule has 0 aliphatic rings. The summed E-state index contributed by atoms with van der Waals surface area (Å²) in [6, 6.07) is 20.8. The Balaban J connectivity index is 1.64. The average molecular weight is 340 g/mol. The molecular weight excluding hydrogens is 326 g/mol. The van der Waals surface area contributed by atoms with Crippen molar-refractivity contribution in [2.75, 3.05) is 5.32 Å². The van der Waals surface area contributed by atoms with Crippen LogP contribution in [0.3, 0.4) is 0 Å². The van der Waals surface area contributed by atoms with Crippen LogP contribution in [0.5, 0.6) is 11.5 Å². The van der Waals surface area contributed by atoms with Gasteiger partial charge in [0.15, 0.2) is 0 Å². The van der Waals surface area contributed by atoms with E-state index in [1.165, 1.54) is 0 Å². The van der Waals surface area contributed by atoms with Gasteiger partial charge in [-0.3, -0.25) is 5.32 Å².